The quantitative estimate of drug-likeness (QED) is 0.867. The van der Waals surface area contributed by atoms with E-state index in [2.05, 4.69) is 10.6 Å². The minimum Gasteiger partial charge on any atom is -0.326 e. The van der Waals surface area contributed by atoms with Gasteiger partial charge < -0.3 is 10.6 Å². The van der Waals surface area contributed by atoms with Gasteiger partial charge in [0.05, 0.1) is 10.0 Å². The molecular weight excluding hydrogens is 323 g/mol. The van der Waals surface area contributed by atoms with E-state index in [4.69, 9.17) is 23.2 Å². The summed E-state index contributed by atoms with van der Waals surface area (Å²) in [6, 6.07) is 10.1. The van der Waals surface area contributed by atoms with Crippen molar-refractivity contribution in [2.75, 3.05) is 10.6 Å². The molecule has 2 aromatic rings. The highest BCUT2D eigenvalue weighted by Gasteiger charge is 2.15. The molecule has 112 valence electrons. The molecule has 0 bridgehead atoms. The van der Waals surface area contributed by atoms with E-state index in [-0.39, 0.29) is 11.8 Å². The van der Waals surface area contributed by atoms with E-state index in [1.54, 1.807) is 24.3 Å². The van der Waals surface area contributed by atoms with Crippen molar-refractivity contribution in [3.8, 4) is 0 Å². The van der Waals surface area contributed by atoms with Crippen LogP contribution in [-0.2, 0) is 11.2 Å². The van der Waals surface area contributed by atoms with Gasteiger partial charge in [-0.15, -0.1) is 0 Å². The number of carbonyl (C=O) groups excluding carboxylic acids is 2. The number of aryl methyl sites for hydroxylation is 1. The first kappa shape index (κ1) is 14.9. The van der Waals surface area contributed by atoms with Crippen LogP contribution >= 0.6 is 23.2 Å². The molecule has 2 amide bonds. The average molecular weight is 335 g/mol. The maximum Gasteiger partial charge on any atom is 0.255 e. The Balaban J connectivity index is 1.79. The van der Waals surface area contributed by atoms with E-state index < -0.39 is 0 Å². The van der Waals surface area contributed by atoms with Gasteiger partial charge >= 0.3 is 0 Å². The summed E-state index contributed by atoms with van der Waals surface area (Å²) < 4.78 is 0. The third-order valence-electron chi connectivity index (χ3n) is 3.44. The Morgan fingerprint density at radius 3 is 2.64 bits per heavy atom. The molecule has 4 nitrogen and oxygen atoms in total. The number of fused-ring (bicyclic) bond motifs is 1. The van der Waals surface area contributed by atoms with Gasteiger partial charge in [0.25, 0.3) is 5.91 Å². The molecule has 22 heavy (non-hydrogen) atoms. The summed E-state index contributed by atoms with van der Waals surface area (Å²) in [5.41, 5.74) is 2.90. The van der Waals surface area contributed by atoms with Crippen molar-refractivity contribution in [2.45, 2.75) is 12.8 Å². The summed E-state index contributed by atoms with van der Waals surface area (Å²) in [4.78, 5) is 23.5. The van der Waals surface area contributed by atoms with Crippen molar-refractivity contribution in [3.05, 3.63) is 57.6 Å². The highest BCUT2D eigenvalue weighted by atomic mass is 35.5. The number of amides is 2. The van der Waals surface area contributed by atoms with Crippen LogP contribution in [0.5, 0.6) is 0 Å². The van der Waals surface area contributed by atoms with Crippen molar-refractivity contribution in [2.24, 2.45) is 0 Å². The normalized spacial score (nSPS) is 13.3. The molecule has 1 aliphatic rings. The standard InChI is InChI=1S/C16H12Cl2N2O2/c17-12-4-1-10(8-13(12)18)16(22)19-11-3-5-14-9(7-11)2-6-15(21)20-14/h1,3-5,7-8H,2,6H2,(H,19,22)(H,20,21). The maximum atomic E-state index is 12.2. The van der Waals surface area contributed by atoms with Gasteiger partial charge in [-0.2, -0.15) is 0 Å². The number of carbonyl (C=O) groups is 2. The smallest absolute Gasteiger partial charge is 0.255 e. The second kappa shape index (κ2) is 5.99. The van der Waals surface area contributed by atoms with Crippen molar-refractivity contribution < 1.29 is 9.59 Å². The zero-order valence-corrected chi connectivity index (χ0v) is 13.0. The van der Waals surface area contributed by atoms with Crippen LogP contribution < -0.4 is 10.6 Å². The van der Waals surface area contributed by atoms with Crippen molar-refractivity contribution in [3.63, 3.8) is 0 Å². The predicted octanol–water partition coefficient (Wildman–Crippen LogP) is 4.13. The monoisotopic (exact) mass is 334 g/mol. The fourth-order valence-corrected chi connectivity index (χ4v) is 2.60. The van der Waals surface area contributed by atoms with E-state index in [9.17, 15) is 9.59 Å². The highest BCUT2D eigenvalue weighted by Crippen LogP contribution is 2.27. The van der Waals surface area contributed by atoms with Gasteiger partial charge in [-0.25, -0.2) is 0 Å². The zero-order valence-electron chi connectivity index (χ0n) is 11.5. The minimum atomic E-state index is -0.265. The van der Waals surface area contributed by atoms with E-state index >= 15 is 0 Å². The number of hydrogen-bond acceptors (Lipinski definition) is 2. The number of benzene rings is 2. The molecule has 2 N–H and O–H groups in total. The molecular formula is C16H12Cl2N2O2. The average Bonchev–Trinajstić information content (AvgIpc) is 2.50. The lowest BCUT2D eigenvalue weighted by Gasteiger charge is -2.17. The molecule has 1 heterocycles. The number of hydrogen-bond donors (Lipinski definition) is 2. The summed E-state index contributed by atoms with van der Waals surface area (Å²) in [7, 11) is 0. The lowest BCUT2D eigenvalue weighted by molar-refractivity contribution is -0.116. The Morgan fingerprint density at radius 1 is 1.05 bits per heavy atom. The van der Waals surface area contributed by atoms with Crippen LogP contribution in [0.4, 0.5) is 11.4 Å². The Labute approximate surface area is 137 Å². The third-order valence-corrected chi connectivity index (χ3v) is 4.18. The number of nitrogens with one attached hydrogen (secondary N) is 2. The van der Waals surface area contributed by atoms with E-state index in [0.29, 0.717) is 34.1 Å². The second-order valence-corrected chi connectivity index (χ2v) is 5.82. The van der Waals surface area contributed by atoms with Crippen LogP contribution in [-0.4, -0.2) is 11.8 Å². The highest BCUT2D eigenvalue weighted by molar-refractivity contribution is 6.42. The SMILES string of the molecule is O=C1CCc2cc(NC(=O)c3ccc(Cl)c(Cl)c3)ccc2N1. The molecule has 1 aliphatic heterocycles. The first-order valence-corrected chi connectivity index (χ1v) is 7.48. The van der Waals surface area contributed by atoms with Crippen molar-refractivity contribution in [1.29, 1.82) is 0 Å². The van der Waals surface area contributed by atoms with Crippen LogP contribution in [0.25, 0.3) is 0 Å². The van der Waals surface area contributed by atoms with Crippen LogP contribution in [0.15, 0.2) is 36.4 Å². The summed E-state index contributed by atoms with van der Waals surface area (Å²) in [5.74, 6) is -0.251. The predicted molar refractivity (Wildman–Crippen MR) is 87.8 cm³/mol. The second-order valence-electron chi connectivity index (χ2n) is 5.00. The number of rotatable bonds is 2. The summed E-state index contributed by atoms with van der Waals surface area (Å²) in [6.07, 6.45) is 1.12. The molecule has 0 spiro atoms. The van der Waals surface area contributed by atoms with E-state index in [1.165, 1.54) is 6.07 Å². The summed E-state index contributed by atoms with van der Waals surface area (Å²) >= 11 is 11.8. The first-order chi connectivity index (χ1) is 10.5. The molecule has 0 aliphatic carbocycles. The van der Waals surface area contributed by atoms with E-state index in [1.807, 2.05) is 6.07 Å². The van der Waals surface area contributed by atoms with Crippen LogP contribution in [0.2, 0.25) is 10.0 Å². The fraction of sp³-hybridized carbons (Fsp3) is 0.125. The topological polar surface area (TPSA) is 58.2 Å². The van der Waals surface area contributed by atoms with Gasteiger partial charge in [0.2, 0.25) is 5.91 Å². The number of halogens is 2. The Hall–Kier alpha value is -2.04. The molecule has 0 aromatic heterocycles. The molecule has 6 heteroatoms. The lowest BCUT2D eigenvalue weighted by atomic mass is 10.0. The van der Waals surface area contributed by atoms with Crippen LogP contribution in [0, 0.1) is 0 Å². The molecule has 0 radical (unpaired) electrons. The molecule has 0 fully saturated rings. The van der Waals surface area contributed by atoms with Crippen molar-refractivity contribution in [1.82, 2.24) is 0 Å². The van der Waals surface area contributed by atoms with Gasteiger partial charge in [-0.3, -0.25) is 9.59 Å². The zero-order chi connectivity index (χ0) is 15.7. The van der Waals surface area contributed by atoms with Crippen LogP contribution in [0.1, 0.15) is 22.3 Å². The molecule has 0 saturated carbocycles. The lowest BCUT2D eigenvalue weighted by Crippen LogP contribution is -2.19. The molecule has 0 saturated heterocycles. The number of anilines is 2. The van der Waals surface area contributed by atoms with Crippen LogP contribution in [0.3, 0.4) is 0 Å². The minimum absolute atomic E-state index is 0.0140. The van der Waals surface area contributed by atoms with Gasteiger partial charge in [0.15, 0.2) is 0 Å². The van der Waals surface area contributed by atoms with Gasteiger partial charge in [-0.1, -0.05) is 23.2 Å². The Kier molecular flexibility index (Phi) is 4.05. The fourth-order valence-electron chi connectivity index (χ4n) is 2.30. The molecule has 0 unspecified atom stereocenters. The van der Waals surface area contributed by atoms with E-state index in [0.717, 1.165) is 11.3 Å². The summed E-state index contributed by atoms with van der Waals surface area (Å²) in [6.45, 7) is 0. The van der Waals surface area contributed by atoms with Gasteiger partial charge in [-0.05, 0) is 48.4 Å². The largest absolute Gasteiger partial charge is 0.326 e. The maximum absolute atomic E-state index is 12.2. The molecule has 3 rings (SSSR count). The van der Waals surface area contributed by atoms with Gasteiger partial charge in [0, 0.05) is 23.4 Å². The van der Waals surface area contributed by atoms with Gasteiger partial charge in [0.1, 0.15) is 0 Å². The third kappa shape index (κ3) is 3.08. The molecule has 2 aromatic carbocycles. The Morgan fingerprint density at radius 2 is 1.86 bits per heavy atom. The molecule has 0 atom stereocenters. The first-order valence-electron chi connectivity index (χ1n) is 6.72. The van der Waals surface area contributed by atoms with Crippen molar-refractivity contribution >= 4 is 46.4 Å². The summed E-state index contributed by atoms with van der Waals surface area (Å²) in [5, 5.41) is 6.36. The Bertz CT molecular complexity index is 775.